The molecule has 6 nitrogen and oxygen atoms in total. The lowest BCUT2D eigenvalue weighted by Crippen LogP contribution is -2.23. The van der Waals surface area contributed by atoms with Crippen molar-refractivity contribution in [2.24, 2.45) is 0 Å². The summed E-state index contributed by atoms with van der Waals surface area (Å²) >= 11 is 0. The number of nitrogens with two attached hydrogens (primary N) is 1. The molecule has 0 aliphatic heterocycles. The lowest BCUT2D eigenvalue weighted by atomic mass is 10.1. The molecule has 1 heterocycles. The van der Waals surface area contributed by atoms with Gasteiger partial charge >= 0.3 is 0 Å². The molecule has 2 aromatic rings. The fourth-order valence-corrected chi connectivity index (χ4v) is 2.77. The summed E-state index contributed by atoms with van der Waals surface area (Å²) in [5.74, 6) is -0.285. The van der Waals surface area contributed by atoms with Crippen molar-refractivity contribution in [3.63, 3.8) is 0 Å². The number of hydrogen-bond donors (Lipinski definition) is 2. The van der Waals surface area contributed by atoms with E-state index in [-0.39, 0.29) is 23.2 Å². The maximum absolute atomic E-state index is 13.5. The van der Waals surface area contributed by atoms with Crippen molar-refractivity contribution in [1.82, 2.24) is 14.7 Å². The van der Waals surface area contributed by atoms with E-state index in [2.05, 4.69) is 14.7 Å². The molecule has 0 aliphatic rings. The Hall–Kier alpha value is -2.06. The van der Waals surface area contributed by atoms with Gasteiger partial charge in [0.1, 0.15) is 10.7 Å². The zero-order valence-corrected chi connectivity index (χ0v) is 12.4. The van der Waals surface area contributed by atoms with Gasteiger partial charge in [-0.2, -0.15) is 0 Å². The van der Waals surface area contributed by atoms with E-state index in [0.717, 1.165) is 12.4 Å². The monoisotopic (exact) mass is 310 g/mol. The zero-order valence-electron chi connectivity index (χ0n) is 11.6. The highest BCUT2D eigenvalue weighted by Gasteiger charge is 2.15. The van der Waals surface area contributed by atoms with Crippen molar-refractivity contribution in [3.05, 3.63) is 47.0 Å². The Morgan fingerprint density at radius 1 is 1.19 bits per heavy atom. The molecule has 0 unspecified atom stereocenters. The van der Waals surface area contributed by atoms with E-state index in [1.54, 1.807) is 26.0 Å². The highest BCUT2D eigenvalue weighted by Crippen LogP contribution is 2.15. The van der Waals surface area contributed by atoms with Crippen LogP contribution in [0.3, 0.4) is 0 Å². The first-order chi connectivity index (χ1) is 9.79. The number of hydrogen-bond acceptors (Lipinski definition) is 5. The van der Waals surface area contributed by atoms with Crippen LogP contribution in [0.15, 0.2) is 29.4 Å². The fourth-order valence-electron chi connectivity index (χ4n) is 1.86. The van der Waals surface area contributed by atoms with Gasteiger partial charge in [0.2, 0.25) is 16.0 Å². The molecule has 1 aromatic heterocycles. The quantitative estimate of drug-likeness (QED) is 0.887. The summed E-state index contributed by atoms with van der Waals surface area (Å²) in [6, 6.07) is 3.20. The SMILES string of the molecule is Cc1cc(CNS(=O)(=O)c2cnc(N)nc2)cc(C)c1F. The number of nitrogens with zero attached hydrogens (tertiary/aromatic N) is 2. The van der Waals surface area contributed by atoms with Crippen LogP contribution in [0.25, 0.3) is 0 Å². The summed E-state index contributed by atoms with van der Waals surface area (Å²) in [7, 11) is -3.74. The van der Waals surface area contributed by atoms with Crippen LogP contribution in [0.2, 0.25) is 0 Å². The van der Waals surface area contributed by atoms with Gasteiger partial charge in [-0.1, -0.05) is 12.1 Å². The average molecular weight is 310 g/mol. The van der Waals surface area contributed by atoms with Crippen molar-refractivity contribution >= 4 is 16.0 Å². The lowest BCUT2D eigenvalue weighted by Gasteiger charge is -2.09. The van der Waals surface area contributed by atoms with Gasteiger partial charge in [-0.3, -0.25) is 0 Å². The van der Waals surface area contributed by atoms with E-state index in [4.69, 9.17) is 5.73 Å². The molecule has 0 saturated carbocycles. The summed E-state index contributed by atoms with van der Waals surface area (Å²) < 4.78 is 40.0. The van der Waals surface area contributed by atoms with E-state index in [1.165, 1.54) is 0 Å². The number of aryl methyl sites for hydroxylation is 2. The van der Waals surface area contributed by atoms with E-state index >= 15 is 0 Å². The molecule has 0 aliphatic carbocycles. The van der Waals surface area contributed by atoms with Crippen LogP contribution in [0.1, 0.15) is 16.7 Å². The summed E-state index contributed by atoms with van der Waals surface area (Å²) in [6.45, 7) is 3.32. The third-order valence-electron chi connectivity index (χ3n) is 2.92. The van der Waals surface area contributed by atoms with Gasteiger partial charge in [-0.05, 0) is 30.5 Å². The minimum Gasteiger partial charge on any atom is -0.368 e. The Bertz CT molecular complexity index is 737. The molecule has 2 rings (SSSR count). The van der Waals surface area contributed by atoms with Crippen LogP contribution in [-0.2, 0) is 16.6 Å². The first-order valence-corrected chi connectivity index (χ1v) is 7.61. The minimum absolute atomic E-state index is 0.00117. The molecule has 21 heavy (non-hydrogen) atoms. The molecule has 0 amide bonds. The fraction of sp³-hybridized carbons (Fsp3) is 0.231. The van der Waals surface area contributed by atoms with Crippen LogP contribution in [-0.4, -0.2) is 18.4 Å². The summed E-state index contributed by atoms with van der Waals surface area (Å²) in [5, 5.41) is 0. The smallest absolute Gasteiger partial charge is 0.243 e. The lowest BCUT2D eigenvalue weighted by molar-refractivity contribution is 0.580. The van der Waals surface area contributed by atoms with Gasteiger partial charge in [0.05, 0.1) is 12.4 Å². The Kier molecular flexibility index (Phi) is 4.19. The summed E-state index contributed by atoms with van der Waals surface area (Å²) in [4.78, 5) is 7.20. The second-order valence-corrected chi connectivity index (χ2v) is 6.41. The molecular weight excluding hydrogens is 295 g/mol. The van der Waals surface area contributed by atoms with E-state index in [1.807, 2.05) is 0 Å². The highest BCUT2D eigenvalue weighted by atomic mass is 32.2. The van der Waals surface area contributed by atoms with Gasteiger partial charge in [0.15, 0.2) is 0 Å². The van der Waals surface area contributed by atoms with Gasteiger partial charge in [0.25, 0.3) is 0 Å². The summed E-state index contributed by atoms with van der Waals surface area (Å²) in [6.07, 6.45) is 2.26. The Labute approximate surface area is 122 Å². The first-order valence-electron chi connectivity index (χ1n) is 6.12. The molecule has 0 bridgehead atoms. The second-order valence-electron chi connectivity index (χ2n) is 4.65. The van der Waals surface area contributed by atoms with Crippen molar-refractivity contribution < 1.29 is 12.8 Å². The van der Waals surface area contributed by atoms with Crippen LogP contribution in [0.5, 0.6) is 0 Å². The first kappa shape index (κ1) is 15.3. The molecule has 8 heteroatoms. The van der Waals surface area contributed by atoms with Gasteiger partial charge < -0.3 is 5.73 Å². The maximum Gasteiger partial charge on any atom is 0.243 e. The standard InChI is InChI=1S/C13H15FN4O2S/c1-8-3-10(4-9(2)12(8)14)5-18-21(19,20)11-6-16-13(15)17-7-11/h3-4,6-7,18H,5H2,1-2H3,(H2,15,16,17). The number of halogens is 1. The van der Waals surface area contributed by atoms with Gasteiger partial charge in [0, 0.05) is 6.54 Å². The number of nitrogen functional groups attached to an aromatic ring is 1. The molecule has 0 fully saturated rings. The second kappa shape index (κ2) is 5.74. The number of anilines is 1. The third kappa shape index (κ3) is 3.53. The minimum atomic E-state index is -3.74. The normalized spacial score (nSPS) is 11.6. The van der Waals surface area contributed by atoms with Crippen molar-refractivity contribution in [2.75, 3.05) is 5.73 Å². The predicted molar refractivity (Wildman–Crippen MR) is 76.3 cm³/mol. The van der Waals surface area contributed by atoms with E-state index in [0.29, 0.717) is 16.7 Å². The molecular formula is C13H15FN4O2S. The largest absolute Gasteiger partial charge is 0.368 e. The number of aromatic nitrogens is 2. The highest BCUT2D eigenvalue weighted by molar-refractivity contribution is 7.89. The molecule has 0 atom stereocenters. The van der Waals surface area contributed by atoms with Gasteiger partial charge in [-0.25, -0.2) is 27.5 Å². The van der Waals surface area contributed by atoms with Crippen molar-refractivity contribution in [1.29, 1.82) is 0 Å². The van der Waals surface area contributed by atoms with Crippen molar-refractivity contribution in [3.8, 4) is 0 Å². The Morgan fingerprint density at radius 3 is 2.24 bits per heavy atom. The van der Waals surface area contributed by atoms with Crippen LogP contribution < -0.4 is 10.5 Å². The molecule has 3 N–H and O–H groups in total. The Balaban J connectivity index is 2.17. The third-order valence-corrected chi connectivity index (χ3v) is 4.28. The van der Waals surface area contributed by atoms with Gasteiger partial charge in [-0.15, -0.1) is 0 Å². The average Bonchev–Trinajstić information content (AvgIpc) is 2.43. The molecule has 1 aromatic carbocycles. The number of rotatable bonds is 4. The van der Waals surface area contributed by atoms with Crippen LogP contribution in [0, 0.1) is 19.7 Å². The van der Waals surface area contributed by atoms with Crippen LogP contribution in [0.4, 0.5) is 10.3 Å². The maximum atomic E-state index is 13.5. The van der Waals surface area contributed by atoms with Crippen LogP contribution >= 0.6 is 0 Å². The predicted octanol–water partition coefficient (Wildman–Crippen LogP) is 1.29. The Morgan fingerprint density at radius 2 is 1.71 bits per heavy atom. The number of nitrogens with one attached hydrogen (secondary N) is 1. The molecule has 112 valence electrons. The molecule has 0 saturated heterocycles. The topological polar surface area (TPSA) is 98.0 Å². The molecule has 0 radical (unpaired) electrons. The number of sulfonamides is 1. The molecule has 0 spiro atoms. The van der Waals surface area contributed by atoms with Crippen molar-refractivity contribution in [2.45, 2.75) is 25.3 Å². The zero-order chi connectivity index (χ0) is 15.6. The van der Waals surface area contributed by atoms with E-state index in [9.17, 15) is 12.8 Å². The van der Waals surface area contributed by atoms with E-state index < -0.39 is 10.0 Å². The number of benzene rings is 1. The summed E-state index contributed by atoms with van der Waals surface area (Å²) in [5.41, 5.74) is 6.93.